The third-order valence-corrected chi connectivity index (χ3v) is 4.67. The standard InChI is InChI=1S/C19H22N6O3/c1-24-6-8-25(9-7-24)18-20-12-13(17(23-18)15-5-4-10-28-15)14-11-16(26-2)22-19(21-14)27-3/h4-5,10-12H,6-9H2,1-3H3. The van der Waals surface area contributed by atoms with Crippen LogP contribution < -0.4 is 14.4 Å². The van der Waals surface area contributed by atoms with Gasteiger partial charge in [-0.05, 0) is 19.2 Å². The first-order valence-electron chi connectivity index (χ1n) is 9.00. The Kier molecular flexibility index (Phi) is 5.07. The van der Waals surface area contributed by atoms with Crippen LogP contribution in [0.4, 0.5) is 5.95 Å². The molecule has 28 heavy (non-hydrogen) atoms. The Morgan fingerprint density at radius 1 is 1.04 bits per heavy atom. The third kappa shape index (κ3) is 3.61. The minimum Gasteiger partial charge on any atom is -0.481 e. The van der Waals surface area contributed by atoms with E-state index >= 15 is 0 Å². The van der Waals surface area contributed by atoms with Crippen LogP contribution in [0.5, 0.6) is 11.9 Å². The van der Waals surface area contributed by atoms with Crippen LogP contribution in [0.25, 0.3) is 22.7 Å². The van der Waals surface area contributed by atoms with E-state index in [1.165, 1.54) is 7.11 Å². The first-order chi connectivity index (χ1) is 13.7. The summed E-state index contributed by atoms with van der Waals surface area (Å²) in [5, 5.41) is 0. The molecule has 9 nitrogen and oxygen atoms in total. The second-order valence-corrected chi connectivity index (χ2v) is 6.48. The fraction of sp³-hybridized carbons (Fsp3) is 0.368. The summed E-state index contributed by atoms with van der Waals surface area (Å²) in [7, 11) is 5.18. The second kappa shape index (κ2) is 7.81. The molecule has 0 saturated carbocycles. The number of methoxy groups -OCH3 is 2. The Labute approximate surface area is 163 Å². The smallest absolute Gasteiger partial charge is 0.320 e. The van der Waals surface area contributed by atoms with Gasteiger partial charge in [-0.25, -0.2) is 9.97 Å². The summed E-state index contributed by atoms with van der Waals surface area (Å²) < 4.78 is 16.1. The molecule has 1 saturated heterocycles. The molecular weight excluding hydrogens is 360 g/mol. The van der Waals surface area contributed by atoms with Crippen LogP contribution in [0.1, 0.15) is 0 Å². The normalized spacial score (nSPS) is 14.9. The Bertz CT molecular complexity index is 917. The van der Waals surface area contributed by atoms with Crippen molar-refractivity contribution in [1.82, 2.24) is 24.8 Å². The first-order valence-corrected chi connectivity index (χ1v) is 9.00. The largest absolute Gasteiger partial charge is 0.481 e. The molecule has 146 valence electrons. The molecular formula is C19H22N6O3. The SMILES string of the molecule is COc1cc(-c2cnc(N3CCN(C)CC3)nc2-c2ccco2)nc(OC)n1. The quantitative estimate of drug-likeness (QED) is 0.657. The molecule has 0 bridgehead atoms. The van der Waals surface area contributed by atoms with Crippen LogP contribution >= 0.6 is 0 Å². The fourth-order valence-corrected chi connectivity index (χ4v) is 3.06. The van der Waals surface area contributed by atoms with Gasteiger partial charge < -0.3 is 23.7 Å². The van der Waals surface area contributed by atoms with E-state index in [0.717, 1.165) is 26.2 Å². The Morgan fingerprint density at radius 3 is 2.54 bits per heavy atom. The van der Waals surface area contributed by atoms with Crippen LogP contribution in [-0.4, -0.2) is 72.3 Å². The molecule has 1 aliphatic rings. The predicted octanol–water partition coefficient (Wildman–Crippen LogP) is 1.96. The maximum Gasteiger partial charge on any atom is 0.320 e. The molecule has 3 aromatic heterocycles. The number of hydrogen-bond acceptors (Lipinski definition) is 9. The summed E-state index contributed by atoms with van der Waals surface area (Å²) >= 11 is 0. The highest BCUT2D eigenvalue weighted by Crippen LogP contribution is 2.32. The molecule has 4 rings (SSSR count). The molecule has 0 amide bonds. The van der Waals surface area contributed by atoms with Crippen LogP contribution in [0, 0.1) is 0 Å². The lowest BCUT2D eigenvalue weighted by atomic mass is 10.1. The van der Waals surface area contributed by atoms with Crippen molar-refractivity contribution in [3.05, 3.63) is 30.7 Å². The minimum absolute atomic E-state index is 0.211. The van der Waals surface area contributed by atoms with Gasteiger partial charge in [0, 0.05) is 44.0 Å². The van der Waals surface area contributed by atoms with Crippen LogP contribution in [0.3, 0.4) is 0 Å². The van der Waals surface area contributed by atoms with Gasteiger partial charge in [0.15, 0.2) is 5.76 Å². The number of anilines is 1. The van der Waals surface area contributed by atoms with E-state index in [1.807, 2.05) is 12.1 Å². The molecule has 0 radical (unpaired) electrons. The van der Waals surface area contributed by atoms with Crippen LogP contribution in [0.15, 0.2) is 35.1 Å². The highest BCUT2D eigenvalue weighted by atomic mass is 16.5. The van der Waals surface area contributed by atoms with E-state index in [0.29, 0.717) is 34.5 Å². The second-order valence-electron chi connectivity index (χ2n) is 6.48. The summed E-state index contributed by atoms with van der Waals surface area (Å²) in [5.41, 5.74) is 1.98. The Morgan fingerprint density at radius 2 is 1.86 bits per heavy atom. The number of ether oxygens (including phenoxy) is 2. The number of hydrogen-bond donors (Lipinski definition) is 0. The number of nitrogens with zero attached hydrogens (tertiary/aromatic N) is 6. The molecule has 3 aromatic rings. The van der Waals surface area contributed by atoms with E-state index in [9.17, 15) is 0 Å². The van der Waals surface area contributed by atoms with Crippen molar-refractivity contribution in [2.24, 2.45) is 0 Å². The van der Waals surface area contributed by atoms with Crippen molar-refractivity contribution in [3.8, 4) is 34.6 Å². The highest BCUT2D eigenvalue weighted by molar-refractivity contribution is 5.77. The monoisotopic (exact) mass is 382 g/mol. The lowest BCUT2D eigenvalue weighted by molar-refractivity contribution is 0.311. The van der Waals surface area contributed by atoms with E-state index < -0.39 is 0 Å². The van der Waals surface area contributed by atoms with Gasteiger partial charge in [-0.1, -0.05) is 0 Å². The summed E-state index contributed by atoms with van der Waals surface area (Å²) in [6.07, 6.45) is 3.39. The molecule has 9 heteroatoms. The van der Waals surface area contributed by atoms with Gasteiger partial charge in [-0.15, -0.1) is 0 Å². The number of furan rings is 1. The van der Waals surface area contributed by atoms with Gasteiger partial charge in [0.2, 0.25) is 11.8 Å². The van der Waals surface area contributed by atoms with Crippen LogP contribution in [-0.2, 0) is 0 Å². The van der Waals surface area contributed by atoms with Crippen molar-refractivity contribution in [1.29, 1.82) is 0 Å². The first kappa shape index (κ1) is 18.2. The molecule has 0 atom stereocenters. The van der Waals surface area contributed by atoms with Gasteiger partial charge in [0.05, 0.1) is 26.2 Å². The Balaban J connectivity index is 1.79. The topological polar surface area (TPSA) is 89.6 Å². The number of likely N-dealkylation sites (N-methyl/N-ethyl adjacent to an activating group) is 1. The molecule has 0 aromatic carbocycles. The van der Waals surface area contributed by atoms with Gasteiger partial charge >= 0.3 is 6.01 Å². The molecule has 4 heterocycles. The molecule has 0 spiro atoms. The highest BCUT2D eigenvalue weighted by Gasteiger charge is 2.21. The fourth-order valence-electron chi connectivity index (χ4n) is 3.06. The summed E-state index contributed by atoms with van der Waals surface area (Å²) in [6.45, 7) is 3.70. The average molecular weight is 382 g/mol. The van der Waals surface area contributed by atoms with Gasteiger partial charge in [0.25, 0.3) is 0 Å². The Hall–Kier alpha value is -3.20. The van der Waals surface area contributed by atoms with Crippen molar-refractivity contribution in [2.75, 3.05) is 52.3 Å². The summed E-state index contributed by atoms with van der Waals surface area (Å²) in [6, 6.07) is 5.64. The van der Waals surface area contributed by atoms with E-state index in [4.69, 9.17) is 18.9 Å². The maximum atomic E-state index is 5.63. The molecule has 1 fully saturated rings. The molecule has 0 aliphatic carbocycles. The predicted molar refractivity (Wildman–Crippen MR) is 104 cm³/mol. The van der Waals surface area contributed by atoms with Gasteiger partial charge in [-0.2, -0.15) is 9.97 Å². The lowest BCUT2D eigenvalue weighted by Gasteiger charge is -2.32. The van der Waals surface area contributed by atoms with Crippen molar-refractivity contribution in [2.45, 2.75) is 0 Å². The van der Waals surface area contributed by atoms with Gasteiger partial charge in [-0.3, -0.25) is 0 Å². The average Bonchev–Trinajstić information content (AvgIpc) is 3.28. The lowest BCUT2D eigenvalue weighted by Crippen LogP contribution is -2.45. The molecule has 0 N–H and O–H groups in total. The van der Waals surface area contributed by atoms with Crippen LogP contribution in [0.2, 0.25) is 0 Å². The van der Waals surface area contributed by atoms with E-state index in [-0.39, 0.29) is 6.01 Å². The van der Waals surface area contributed by atoms with E-state index in [2.05, 4.69) is 31.8 Å². The number of piperazine rings is 1. The zero-order valence-electron chi connectivity index (χ0n) is 16.1. The third-order valence-electron chi connectivity index (χ3n) is 4.67. The number of rotatable bonds is 5. The molecule has 1 aliphatic heterocycles. The zero-order valence-corrected chi connectivity index (χ0v) is 16.1. The van der Waals surface area contributed by atoms with E-state index in [1.54, 1.807) is 25.6 Å². The minimum atomic E-state index is 0.211. The van der Waals surface area contributed by atoms with Crippen molar-refractivity contribution in [3.63, 3.8) is 0 Å². The zero-order chi connectivity index (χ0) is 19.5. The number of aromatic nitrogens is 4. The molecule has 0 unspecified atom stereocenters. The summed E-state index contributed by atoms with van der Waals surface area (Å²) in [4.78, 5) is 22.5. The van der Waals surface area contributed by atoms with Crippen molar-refractivity contribution >= 4 is 5.95 Å². The summed E-state index contributed by atoms with van der Waals surface area (Å²) in [5.74, 6) is 1.72. The maximum absolute atomic E-state index is 5.63. The van der Waals surface area contributed by atoms with Crippen molar-refractivity contribution < 1.29 is 13.9 Å². The van der Waals surface area contributed by atoms with Gasteiger partial charge in [0.1, 0.15) is 5.69 Å².